The summed E-state index contributed by atoms with van der Waals surface area (Å²) in [7, 11) is 0. The maximum Gasteiger partial charge on any atom is 0.253 e. The molecule has 1 heterocycles. The van der Waals surface area contributed by atoms with Crippen LogP contribution in [0.5, 0.6) is 0 Å². The Morgan fingerprint density at radius 3 is 2.03 bits per heavy atom. The summed E-state index contributed by atoms with van der Waals surface area (Å²) in [4.78, 5) is 39.0. The Morgan fingerprint density at radius 1 is 0.758 bits per heavy atom. The number of nitrogens with one attached hydrogen (secondary N) is 3. The molecular formula is C26H32N4O3. The fourth-order valence-electron chi connectivity index (χ4n) is 4.44. The third-order valence-corrected chi connectivity index (χ3v) is 6.35. The summed E-state index contributed by atoms with van der Waals surface area (Å²) in [6, 6.07) is 14.4. The summed E-state index contributed by atoms with van der Waals surface area (Å²) in [5.41, 5.74) is 2.68. The van der Waals surface area contributed by atoms with Gasteiger partial charge in [0.05, 0.1) is 6.54 Å². The van der Waals surface area contributed by atoms with Crippen molar-refractivity contribution in [2.75, 3.05) is 30.3 Å². The lowest BCUT2D eigenvalue weighted by Crippen LogP contribution is -2.36. The summed E-state index contributed by atoms with van der Waals surface area (Å²) in [6.07, 6.45) is 7.83. The Hall–Kier alpha value is -3.35. The van der Waals surface area contributed by atoms with E-state index >= 15 is 0 Å². The molecule has 0 atom stereocenters. The minimum atomic E-state index is -0.187. The number of carbonyl (C=O) groups is 3. The maximum absolute atomic E-state index is 12.4. The number of carbonyl (C=O) groups excluding carboxylic acids is 3. The SMILES string of the molecule is O=C(CNc1ccc(C(=O)NC2CCCCC2)cc1)Nc1ccc(C(=O)N2CCCC2)cc1. The van der Waals surface area contributed by atoms with Crippen molar-refractivity contribution in [2.24, 2.45) is 0 Å². The molecule has 1 saturated heterocycles. The van der Waals surface area contributed by atoms with Crippen molar-refractivity contribution >= 4 is 29.1 Å². The monoisotopic (exact) mass is 448 g/mol. The second-order valence-electron chi connectivity index (χ2n) is 8.86. The molecule has 7 nitrogen and oxygen atoms in total. The minimum Gasteiger partial charge on any atom is -0.376 e. The van der Waals surface area contributed by atoms with E-state index < -0.39 is 0 Å². The molecule has 174 valence electrons. The molecule has 3 amide bonds. The van der Waals surface area contributed by atoms with Gasteiger partial charge in [0.2, 0.25) is 5.91 Å². The second kappa shape index (κ2) is 11.0. The van der Waals surface area contributed by atoms with Gasteiger partial charge < -0.3 is 20.9 Å². The van der Waals surface area contributed by atoms with Crippen LogP contribution in [0.25, 0.3) is 0 Å². The largest absolute Gasteiger partial charge is 0.376 e. The van der Waals surface area contributed by atoms with Crippen LogP contribution in [-0.4, -0.2) is 48.3 Å². The topological polar surface area (TPSA) is 90.5 Å². The zero-order valence-electron chi connectivity index (χ0n) is 18.9. The second-order valence-corrected chi connectivity index (χ2v) is 8.86. The first-order chi connectivity index (χ1) is 16.1. The molecule has 7 heteroatoms. The lowest BCUT2D eigenvalue weighted by atomic mass is 9.95. The summed E-state index contributed by atoms with van der Waals surface area (Å²) >= 11 is 0. The van der Waals surface area contributed by atoms with E-state index in [1.54, 1.807) is 36.4 Å². The molecule has 33 heavy (non-hydrogen) atoms. The molecule has 2 fully saturated rings. The first-order valence-corrected chi connectivity index (χ1v) is 11.9. The fourth-order valence-corrected chi connectivity index (χ4v) is 4.44. The van der Waals surface area contributed by atoms with E-state index in [1.807, 2.05) is 17.0 Å². The third-order valence-electron chi connectivity index (χ3n) is 6.35. The average Bonchev–Trinajstić information content (AvgIpc) is 3.39. The lowest BCUT2D eigenvalue weighted by Gasteiger charge is -2.22. The molecule has 4 rings (SSSR count). The fraction of sp³-hybridized carbons (Fsp3) is 0.423. The van der Waals surface area contributed by atoms with Crippen molar-refractivity contribution < 1.29 is 14.4 Å². The number of likely N-dealkylation sites (tertiary alicyclic amines) is 1. The molecule has 1 aliphatic heterocycles. The molecule has 0 unspecified atom stereocenters. The number of anilines is 2. The Kier molecular flexibility index (Phi) is 7.60. The number of hydrogen-bond acceptors (Lipinski definition) is 4. The van der Waals surface area contributed by atoms with E-state index in [9.17, 15) is 14.4 Å². The van der Waals surface area contributed by atoms with Crippen molar-refractivity contribution in [3.8, 4) is 0 Å². The van der Waals surface area contributed by atoms with E-state index in [2.05, 4.69) is 16.0 Å². The van der Waals surface area contributed by atoms with Crippen LogP contribution in [0.2, 0.25) is 0 Å². The highest BCUT2D eigenvalue weighted by Gasteiger charge is 2.19. The van der Waals surface area contributed by atoms with Gasteiger partial charge >= 0.3 is 0 Å². The highest BCUT2D eigenvalue weighted by Crippen LogP contribution is 2.19. The van der Waals surface area contributed by atoms with E-state index in [-0.39, 0.29) is 30.3 Å². The molecule has 1 aliphatic carbocycles. The van der Waals surface area contributed by atoms with E-state index in [4.69, 9.17) is 0 Å². The van der Waals surface area contributed by atoms with Crippen LogP contribution >= 0.6 is 0 Å². The van der Waals surface area contributed by atoms with Gasteiger partial charge in [0.1, 0.15) is 0 Å². The quantitative estimate of drug-likeness (QED) is 0.596. The van der Waals surface area contributed by atoms with E-state index in [0.29, 0.717) is 16.8 Å². The molecule has 1 saturated carbocycles. The number of benzene rings is 2. The van der Waals surface area contributed by atoms with Gasteiger partial charge in [0.25, 0.3) is 11.8 Å². The predicted molar refractivity (Wildman–Crippen MR) is 129 cm³/mol. The smallest absolute Gasteiger partial charge is 0.253 e. The molecule has 3 N–H and O–H groups in total. The minimum absolute atomic E-state index is 0.0437. The molecule has 0 aromatic heterocycles. The Labute approximate surface area is 194 Å². The highest BCUT2D eigenvalue weighted by atomic mass is 16.2. The van der Waals surface area contributed by atoms with Gasteiger partial charge in [-0.3, -0.25) is 14.4 Å². The number of hydrogen-bond donors (Lipinski definition) is 3. The van der Waals surface area contributed by atoms with Crippen LogP contribution in [0.4, 0.5) is 11.4 Å². The van der Waals surface area contributed by atoms with E-state index in [1.165, 1.54) is 19.3 Å². The van der Waals surface area contributed by atoms with Gasteiger partial charge in [-0.1, -0.05) is 19.3 Å². The summed E-state index contributed by atoms with van der Waals surface area (Å²) in [6.45, 7) is 1.73. The van der Waals surface area contributed by atoms with E-state index in [0.717, 1.165) is 44.5 Å². The van der Waals surface area contributed by atoms with Gasteiger partial charge in [-0.2, -0.15) is 0 Å². The van der Waals surface area contributed by atoms with Crippen molar-refractivity contribution in [1.29, 1.82) is 0 Å². The van der Waals surface area contributed by atoms with Crippen molar-refractivity contribution in [3.63, 3.8) is 0 Å². The van der Waals surface area contributed by atoms with Gasteiger partial charge in [-0.15, -0.1) is 0 Å². The Morgan fingerprint density at radius 2 is 1.36 bits per heavy atom. The molecule has 0 spiro atoms. The predicted octanol–water partition coefficient (Wildman–Crippen LogP) is 4.04. The molecule has 2 aliphatic rings. The third kappa shape index (κ3) is 6.34. The van der Waals surface area contributed by atoms with Crippen molar-refractivity contribution in [1.82, 2.24) is 10.2 Å². The molecule has 0 radical (unpaired) electrons. The lowest BCUT2D eigenvalue weighted by molar-refractivity contribution is -0.114. The summed E-state index contributed by atoms with van der Waals surface area (Å²) in [5.74, 6) is -0.187. The molecular weight excluding hydrogens is 416 g/mol. The Balaban J connectivity index is 1.22. The summed E-state index contributed by atoms with van der Waals surface area (Å²) < 4.78 is 0. The first kappa shape index (κ1) is 22.8. The number of nitrogens with zero attached hydrogens (tertiary/aromatic N) is 1. The van der Waals surface area contributed by atoms with Gasteiger partial charge in [0.15, 0.2) is 0 Å². The van der Waals surface area contributed by atoms with Gasteiger partial charge in [-0.05, 0) is 74.2 Å². The molecule has 2 aromatic carbocycles. The average molecular weight is 449 g/mol. The van der Waals surface area contributed by atoms with Crippen LogP contribution < -0.4 is 16.0 Å². The highest BCUT2D eigenvalue weighted by molar-refractivity contribution is 5.97. The van der Waals surface area contributed by atoms with Crippen LogP contribution in [0.1, 0.15) is 65.7 Å². The maximum atomic E-state index is 12.4. The van der Waals surface area contributed by atoms with Gasteiger partial charge in [-0.25, -0.2) is 0 Å². The normalized spacial score (nSPS) is 16.3. The molecule has 2 aromatic rings. The van der Waals surface area contributed by atoms with Crippen LogP contribution in [-0.2, 0) is 4.79 Å². The zero-order chi connectivity index (χ0) is 23.0. The van der Waals surface area contributed by atoms with Gasteiger partial charge in [0, 0.05) is 41.6 Å². The van der Waals surface area contributed by atoms with Crippen molar-refractivity contribution in [2.45, 2.75) is 51.0 Å². The Bertz CT molecular complexity index is 960. The van der Waals surface area contributed by atoms with Crippen LogP contribution in [0, 0.1) is 0 Å². The van der Waals surface area contributed by atoms with Crippen LogP contribution in [0.15, 0.2) is 48.5 Å². The molecule has 0 bridgehead atoms. The first-order valence-electron chi connectivity index (χ1n) is 11.9. The van der Waals surface area contributed by atoms with Crippen molar-refractivity contribution in [3.05, 3.63) is 59.7 Å². The standard InChI is InChI=1S/C26H32N4O3/c31-24(28-23-14-10-20(11-15-23)26(33)30-16-4-5-17-30)18-27-21-12-8-19(9-13-21)25(32)29-22-6-2-1-3-7-22/h8-15,22,27H,1-7,16-18H2,(H,28,31)(H,29,32). The summed E-state index contributed by atoms with van der Waals surface area (Å²) in [5, 5.41) is 9.02. The number of amides is 3. The van der Waals surface area contributed by atoms with Crippen LogP contribution in [0.3, 0.4) is 0 Å². The number of rotatable bonds is 7. The zero-order valence-corrected chi connectivity index (χ0v) is 18.9.